The number of carbonyl (C=O) groups excluding carboxylic acids is 2. The minimum atomic E-state index is -1.15. The molecule has 0 aliphatic carbocycles. The van der Waals surface area contributed by atoms with Crippen LogP contribution in [0.3, 0.4) is 0 Å². The number of para-hydroxylation sites is 1. The molecular formula is C15H18N2O5. The first-order valence-electron chi connectivity index (χ1n) is 6.55. The summed E-state index contributed by atoms with van der Waals surface area (Å²) in [7, 11) is 1.18. The van der Waals surface area contributed by atoms with Crippen LogP contribution in [-0.2, 0) is 14.3 Å². The third kappa shape index (κ3) is 4.93. The molecule has 0 aliphatic rings. The number of ether oxygens (including phenoxy) is 1. The molecule has 1 amide bonds. The van der Waals surface area contributed by atoms with Crippen molar-refractivity contribution in [1.82, 2.24) is 5.32 Å². The monoisotopic (exact) mass is 306 g/mol. The van der Waals surface area contributed by atoms with Crippen LogP contribution in [0.4, 0.5) is 5.69 Å². The smallest absolute Gasteiger partial charge is 0.337 e. The van der Waals surface area contributed by atoms with Crippen LogP contribution >= 0.6 is 0 Å². The van der Waals surface area contributed by atoms with Gasteiger partial charge < -0.3 is 20.5 Å². The third-order valence-electron chi connectivity index (χ3n) is 2.55. The Kier molecular flexibility index (Phi) is 6.12. The molecule has 0 aliphatic heterocycles. The highest BCUT2D eigenvalue weighted by atomic mass is 16.5. The SMILES string of the molecule is COC(=O)C=C(Nc1ccccc1C(=O)O)C(=O)NC(C)C. The van der Waals surface area contributed by atoms with Crippen LogP contribution < -0.4 is 10.6 Å². The molecule has 0 spiro atoms. The van der Waals surface area contributed by atoms with Crippen molar-refractivity contribution in [3.05, 3.63) is 41.6 Å². The standard InChI is InChI=1S/C15H18N2O5/c1-9(2)16-14(19)12(8-13(18)22-3)17-11-7-5-4-6-10(11)15(20)21/h4-9,17H,1-3H3,(H,16,19)(H,20,21). The molecule has 0 atom stereocenters. The van der Waals surface area contributed by atoms with E-state index in [1.807, 2.05) is 0 Å². The molecule has 0 heterocycles. The maximum absolute atomic E-state index is 12.1. The Morgan fingerprint density at radius 3 is 2.41 bits per heavy atom. The molecule has 0 saturated heterocycles. The van der Waals surface area contributed by atoms with Gasteiger partial charge in [-0.3, -0.25) is 4.79 Å². The maximum Gasteiger partial charge on any atom is 0.337 e. The van der Waals surface area contributed by atoms with E-state index in [1.54, 1.807) is 26.0 Å². The van der Waals surface area contributed by atoms with Crippen LogP contribution in [-0.4, -0.2) is 36.1 Å². The van der Waals surface area contributed by atoms with Crippen LogP contribution in [0.2, 0.25) is 0 Å². The first-order valence-corrected chi connectivity index (χ1v) is 6.55. The predicted octanol–water partition coefficient (Wildman–Crippen LogP) is 1.38. The van der Waals surface area contributed by atoms with E-state index in [9.17, 15) is 14.4 Å². The normalized spacial score (nSPS) is 11.0. The molecule has 7 nitrogen and oxygen atoms in total. The fourth-order valence-corrected chi connectivity index (χ4v) is 1.60. The van der Waals surface area contributed by atoms with Gasteiger partial charge in [0.05, 0.1) is 24.4 Å². The van der Waals surface area contributed by atoms with Crippen LogP contribution in [0.25, 0.3) is 0 Å². The molecule has 1 aromatic rings. The molecule has 22 heavy (non-hydrogen) atoms. The Hall–Kier alpha value is -2.83. The van der Waals surface area contributed by atoms with Crippen molar-refractivity contribution in [2.24, 2.45) is 0 Å². The fraction of sp³-hybridized carbons (Fsp3) is 0.267. The molecule has 0 unspecified atom stereocenters. The molecule has 0 radical (unpaired) electrons. The van der Waals surface area contributed by atoms with Gasteiger partial charge in [0.15, 0.2) is 0 Å². The molecular weight excluding hydrogens is 288 g/mol. The van der Waals surface area contributed by atoms with Crippen molar-refractivity contribution < 1.29 is 24.2 Å². The van der Waals surface area contributed by atoms with E-state index in [0.717, 1.165) is 6.08 Å². The van der Waals surface area contributed by atoms with Gasteiger partial charge in [-0.1, -0.05) is 12.1 Å². The van der Waals surface area contributed by atoms with Gasteiger partial charge in [0.1, 0.15) is 5.70 Å². The lowest BCUT2D eigenvalue weighted by atomic mass is 10.1. The van der Waals surface area contributed by atoms with Gasteiger partial charge in [-0.05, 0) is 26.0 Å². The van der Waals surface area contributed by atoms with Crippen LogP contribution in [0.5, 0.6) is 0 Å². The summed E-state index contributed by atoms with van der Waals surface area (Å²) >= 11 is 0. The number of methoxy groups -OCH3 is 1. The second-order valence-corrected chi connectivity index (χ2v) is 4.69. The van der Waals surface area contributed by atoms with Crippen molar-refractivity contribution in [2.75, 3.05) is 12.4 Å². The van der Waals surface area contributed by atoms with E-state index in [4.69, 9.17) is 5.11 Å². The Morgan fingerprint density at radius 1 is 1.23 bits per heavy atom. The van der Waals surface area contributed by atoms with Crippen LogP contribution in [0, 0.1) is 0 Å². The summed E-state index contributed by atoms with van der Waals surface area (Å²) in [5, 5.41) is 14.4. The highest BCUT2D eigenvalue weighted by Gasteiger charge is 2.16. The largest absolute Gasteiger partial charge is 0.478 e. The summed E-state index contributed by atoms with van der Waals surface area (Å²) in [6.45, 7) is 3.53. The van der Waals surface area contributed by atoms with E-state index < -0.39 is 17.8 Å². The molecule has 0 bridgehead atoms. The molecule has 1 rings (SSSR count). The molecule has 118 valence electrons. The molecule has 0 fully saturated rings. The number of nitrogens with one attached hydrogen (secondary N) is 2. The Bertz CT molecular complexity index is 608. The topological polar surface area (TPSA) is 105 Å². The average molecular weight is 306 g/mol. The highest BCUT2D eigenvalue weighted by Crippen LogP contribution is 2.17. The van der Waals surface area contributed by atoms with Crippen molar-refractivity contribution in [1.29, 1.82) is 0 Å². The van der Waals surface area contributed by atoms with Crippen LogP contribution in [0.15, 0.2) is 36.0 Å². The van der Waals surface area contributed by atoms with E-state index in [1.165, 1.54) is 19.2 Å². The summed E-state index contributed by atoms with van der Waals surface area (Å²) in [5.41, 5.74) is 0.0777. The molecule has 0 saturated carbocycles. The van der Waals surface area contributed by atoms with E-state index in [0.29, 0.717) is 0 Å². The number of hydrogen-bond acceptors (Lipinski definition) is 5. The zero-order valence-corrected chi connectivity index (χ0v) is 12.5. The van der Waals surface area contributed by atoms with Gasteiger partial charge in [0.25, 0.3) is 5.91 Å². The highest BCUT2D eigenvalue weighted by molar-refractivity contribution is 6.03. The summed E-state index contributed by atoms with van der Waals surface area (Å²) < 4.78 is 4.50. The lowest BCUT2D eigenvalue weighted by molar-refractivity contribution is -0.135. The van der Waals surface area contributed by atoms with Crippen molar-refractivity contribution >= 4 is 23.5 Å². The second kappa shape index (κ2) is 7.82. The van der Waals surface area contributed by atoms with E-state index >= 15 is 0 Å². The first-order chi connectivity index (χ1) is 10.3. The lowest BCUT2D eigenvalue weighted by Gasteiger charge is -2.14. The zero-order chi connectivity index (χ0) is 16.7. The van der Waals surface area contributed by atoms with Crippen molar-refractivity contribution in [3.8, 4) is 0 Å². The Morgan fingerprint density at radius 2 is 1.86 bits per heavy atom. The van der Waals surface area contributed by atoms with Gasteiger partial charge in [0.2, 0.25) is 0 Å². The van der Waals surface area contributed by atoms with Gasteiger partial charge in [-0.25, -0.2) is 9.59 Å². The number of aromatic carboxylic acids is 1. The van der Waals surface area contributed by atoms with Crippen molar-refractivity contribution in [2.45, 2.75) is 19.9 Å². The van der Waals surface area contributed by atoms with E-state index in [2.05, 4.69) is 15.4 Å². The molecule has 3 N–H and O–H groups in total. The van der Waals surface area contributed by atoms with E-state index in [-0.39, 0.29) is 23.0 Å². The van der Waals surface area contributed by atoms with Gasteiger partial charge in [-0.15, -0.1) is 0 Å². The lowest BCUT2D eigenvalue weighted by Crippen LogP contribution is -2.34. The Labute approximate surface area is 128 Å². The number of rotatable bonds is 6. The number of hydrogen-bond donors (Lipinski definition) is 3. The van der Waals surface area contributed by atoms with Crippen LogP contribution in [0.1, 0.15) is 24.2 Å². The number of anilines is 1. The average Bonchev–Trinajstić information content (AvgIpc) is 2.45. The summed E-state index contributed by atoms with van der Waals surface area (Å²) in [4.78, 5) is 34.7. The number of carbonyl (C=O) groups is 3. The summed E-state index contributed by atoms with van der Waals surface area (Å²) in [6, 6.07) is 5.92. The number of benzene rings is 1. The summed E-state index contributed by atoms with van der Waals surface area (Å²) in [5.74, 6) is -2.42. The maximum atomic E-state index is 12.1. The van der Waals surface area contributed by atoms with Gasteiger partial charge >= 0.3 is 11.9 Å². The fourth-order valence-electron chi connectivity index (χ4n) is 1.60. The molecule has 1 aromatic carbocycles. The first kappa shape index (κ1) is 17.2. The predicted molar refractivity (Wildman–Crippen MR) is 80.4 cm³/mol. The summed E-state index contributed by atoms with van der Waals surface area (Å²) in [6.07, 6.45) is 0.969. The van der Waals surface area contributed by atoms with Gasteiger partial charge in [-0.2, -0.15) is 0 Å². The molecule has 7 heteroatoms. The number of carboxylic acids is 1. The van der Waals surface area contributed by atoms with Crippen molar-refractivity contribution in [3.63, 3.8) is 0 Å². The minimum absolute atomic E-state index is 0.0180. The molecule has 0 aromatic heterocycles. The van der Waals surface area contributed by atoms with Gasteiger partial charge in [0, 0.05) is 6.04 Å². The quantitative estimate of drug-likeness (QED) is 0.542. The zero-order valence-electron chi connectivity index (χ0n) is 12.5. The number of amides is 1. The second-order valence-electron chi connectivity index (χ2n) is 4.69. The third-order valence-corrected chi connectivity index (χ3v) is 2.55. The minimum Gasteiger partial charge on any atom is -0.478 e. The Balaban J connectivity index is 3.14. The number of esters is 1. The number of carboxylic acid groups (broad SMARTS) is 1.